The highest BCUT2D eigenvalue weighted by Crippen LogP contribution is 2.33. The first-order chi connectivity index (χ1) is 14.1. The molecule has 2 aromatic rings. The molecule has 2 aromatic carbocycles. The minimum absolute atomic E-state index is 0.00383. The van der Waals surface area contributed by atoms with E-state index < -0.39 is 27.7 Å². The number of carbonyl (C=O) groups is 3. The summed E-state index contributed by atoms with van der Waals surface area (Å²) in [5.74, 6) is -1.32. The Balaban J connectivity index is 1.85. The molecule has 0 radical (unpaired) electrons. The van der Waals surface area contributed by atoms with Crippen molar-refractivity contribution >= 4 is 81.2 Å². The first-order valence-corrected chi connectivity index (χ1v) is 10.1. The topological polar surface area (TPSA) is 90.5 Å². The molecule has 3 N–H and O–H groups in total. The molecular formula is C19H15Cl3N4O3S. The summed E-state index contributed by atoms with van der Waals surface area (Å²) in [5, 5.41) is 8.02. The van der Waals surface area contributed by atoms with Gasteiger partial charge in [-0.15, -0.1) is 0 Å². The lowest BCUT2D eigenvalue weighted by atomic mass is 10.1. The van der Waals surface area contributed by atoms with Crippen LogP contribution < -0.4 is 20.9 Å². The van der Waals surface area contributed by atoms with Gasteiger partial charge in [0, 0.05) is 6.92 Å². The number of fused-ring (bicyclic) bond motifs is 1. The van der Waals surface area contributed by atoms with Gasteiger partial charge >= 0.3 is 0 Å². The minimum Gasteiger partial charge on any atom is -0.339 e. The van der Waals surface area contributed by atoms with E-state index in [1.165, 1.54) is 6.92 Å². The molecule has 7 nitrogen and oxygen atoms in total. The van der Waals surface area contributed by atoms with E-state index in [0.29, 0.717) is 22.5 Å². The van der Waals surface area contributed by atoms with Crippen LogP contribution in [0.15, 0.2) is 48.5 Å². The zero-order valence-corrected chi connectivity index (χ0v) is 18.5. The molecule has 1 aliphatic rings. The van der Waals surface area contributed by atoms with E-state index in [1.54, 1.807) is 48.5 Å². The first kappa shape index (κ1) is 22.3. The van der Waals surface area contributed by atoms with Crippen LogP contribution in [0.5, 0.6) is 0 Å². The molecule has 156 valence electrons. The van der Waals surface area contributed by atoms with Crippen LogP contribution in [-0.4, -0.2) is 32.8 Å². The molecule has 0 fully saturated rings. The van der Waals surface area contributed by atoms with Gasteiger partial charge in [0.15, 0.2) is 5.11 Å². The summed E-state index contributed by atoms with van der Waals surface area (Å²) in [4.78, 5) is 38.1. The van der Waals surface area contributed by atoms with E-state index in [-0.39, 0.29) is 5.11 Å². The van der Waals surface area contributed by atoms with Crippen molar-refractivity contribution in [1.82, 2.24) is 10.6 Å². The van der Waals surface area contributed by atoms with Crippen molar-refractivity contribution in [3.8, 4) is 0 Å². The first-order valence-electron chi connectivity index (χ1n) is 8.57. The Morgan fingerprint density at radius 3 is 2.03 bits per heavy atom. The number of thiocarbonyl (C=S) groups is 1. The maximum Gasteiger partial charge on any atom is 0.266 e. The van der Waals surface area contributed by atoms with Gasteiger partial charge in [0.1, 0.15) is 6.17 Å². The Hall–Kier alpha value is -2.39. The third-order valence-corrected chi connectivity index (χ3v) is 5.01. The van der Waals surface area contributed by atoms with Gasteiger partial charge in [-0.25, -0.2) is 4.90 Å². The minimum atomic E-state index is -1.89. The lowest BCUT2D eigenvalue weighted by molar-refractivity contribution is -0.119. The molecule has 1 aliphatic heterocycles. The Bertz CT molecular complexity index is 1010. The Morgan fingerprint density at radius 1 is 0.967 bits per heavy atom. The molecule has 0 spiro atoms. The third-order valence-electron chi connectivity index (χ3n) is 4.14. The summed E-state index contributed by atoms with van der Waals surface area (Å²) in [7, 11) is 0. The van der Waals surface area contributed by atoms with E-state index >= 15 is 0 Å². The largest absolute Gasteiger partial charge is 0.339 e. The molecule has 1 atom stereocenters. The zero-order chi connectivity index (χ0) is 22.1. The van der Waals surface area contributed by atoms with Crippen molar-refractivity contribution in [1.29, 1.82) is 0 Å². The van der Waals surface area contributed by atoms with Crippen LogP contribution in [0.25, 0.3) is 0 Å². The lowest BCUT2D eigenvalue weighted by Crippen LogP contribution is -2.55. The number of rotatable bonds is 4. The number of imide groups is 1. The standard InChI is InChI=1S/C19H15Cl3N4O3S/c1-10(27)23-17(19(20,21)22)25-18(30)24-13-8-4-5-9-14(13)26-15(28)11-6-2-3-7-12(11)16(26)29/h2-9,17H,1H3,(H,23,27)(H2,24,25,30). The van der Waals surface area contributed by atoms with Gasteiger partial charge in [-0.05, 0) is 36.5 Å². The van der Waals surface area contributed by atoms with Crippen molar-refractivity contribution in [2.24, 2.45) is 0 Å². The second-order valence-corrected chi connectivity index (χ2v) is 9.06. The number of nitrogens with zero attached hydrogens (tertiary/aromatic N) is 1. The van der Waals surface area contributed by atoms with Crippen molar-refractivity contribution in [2.45, 2.75) is 16.9 Å². The number of para-hydroxylation sites is 2. The molecule has 30 heavy (non-hydrogen) atoms. The number of benzene rings is 2. The average molecular weight is 486 g/mol. The van der Waals surface area contributed by atoms with E-state index in [4.69, 9.17) is 47.0 Å². The number of anilines is 2. The van der Waals surface area contributed by atoms with Gasteiger partial charge in [0.25, 0.3) is 11.8 Å². The molecule has 11 heteroatoms. The van der Waals surface area contributed by atoms with Crippen molar-refractivity contribution < 1.29 is 14.4 Å². The molecular weight excluding hydrogens is 471 g/mol. The quantitative estimate of drug-likeness (QED) is 0.265. The lowest BCUT2D eigenvalue weighted by Gasteiger charge is -2.28. The van der Waals surface area contributed by atoms with Gasteiger partial charge < -0.3 is 16.0 Å². The summed E-state index contributed by atoms with van der Waals surface area (Å²) in [6.07, 6.45) is -1.12. The molecule has 0 bridgehead atoms. The predicted octanol–water partition coefficient (Wildman–Crippen LogP) is 3.61. The Morgan fingerprint density at radius 2 is 1.50 bits per heavy atom. The molecule has 3 rings (SSSR count). The maximum atomic E-state index is 12.8. The monoisotopic (exact) mass is 484 g/mol. The molecule has 0 aromatic heterocycles. The molecule has 3 amide bonds. The van der Waals surface area contributed by atoms with Crippen LogP contribution in [0.2, 0.25) is 0 Å². The molecule has 0 aliphatic carbocycles. The second-order valence-electron chi connectivity index (χ2n) is 6.28. The van der Waals surface area contributed by atoms with Gasteiger partial charge in [-0.2, -0.15) is 0 Å². The van der Waals surface area contributed by atoms with E-state index in [1.807, 2.05) is 0 Å². The van der Waals surface area contributed by atoms with Crippen LogP contribution in [0, 0.1) is 0 Å². The molecule has 1 heterocycles. The smallest absolute Gasteiger partial charge is 0.266 e. The Labute approximate surface area is 192 Å². The number of hydrogen-bond acceptors (Lipinski definition) is 4. The normalized spacial score (nSPS) is 14.2. The third kappa shape index (κ3) is 4.67. The zero-order valence-electron chi connectivity index (χ0n) is 15.4. The highest BCUT2D eigenvalue weighted by Gasteiger charge is 2.38. The highest BCUT2D eigenvalue weighted by molar-refractivity contribution is 7.80. The fourth-order valence-electron chi connectivity index (χ4n) is 2.87. The fourth-order valence-corrected chi connectivity index (χ4v) is 3.43. The summed E-state index contributed by atoms with van der Waals surface area (Å²) in [5.41, 5.74) is 1.31. The number of amides is 3. The number of carbonyl (C=O) groups excluding carboxylic acids is 3. The van der Waals surface area contributed by atoms with Crippen molar-refractivity contribution in [2.75, 3.05) is 10.2 Å². The Kier molecular flexibility index (Phi) is 6.52. The summed E-state index contributed by atoms with van der Waals surface area (Å²) in [6.45, 7) is 1.26. The summed E-state index contributed by atoms with van der Waals surface area (Å²) in [6, 6.07) is 13.2. The second kappa shape index (κ2) is 8.77. The number of halogens is 3. The van der Waals surface area contributed by atoms with E-state index in [0.717, 1.165) is 4.90 Å². The SMILES string of the molecule is CC(=O)NC(NC(=S)Nc1ccccc1N1C(=O)c2ccccc2C1=O)C(Cl)(Cl)Cl. The molecule has 1 unspecified atom stereocenters. The maximum absolute atomic E-state index is 12.8. The predicted molar refractivity (Wildman–Crippen MR) is 121 cm³/mol. The van der Waals surface area contributed by atoms with E-state index in [2.05, 4.69) is 16.0 Å². The van der Waals surface area contributed by atoms with Gasteiger partial charge in [0.2, 0.25) is 9.70 Å². The van der Waals surface area contributed by atoms with Crippen LogP contribution in [0.3, 0.4) is 0 Å². The fraction of sp³-hybridized carbons (Fsp3) is 0.158. The molecule has 0 saturated heterocycles. The van der Waals surface area contributed by atoms with Crippen molar-refractivity contribution in [3.05, 3.63) is 59.7 Å². The van der Waals surface area contributed by atoms with Crippen LogP contribution in [-0.2, 0) is 4.79 Å². The van der Waals surface area contributed by atoms with Gasteiger partial charge in [-0.1, -0.05) is 59.1 Å². The number of hydrogen-bond donors (Lipinski definition) is 3. The number of nitrogens with one attached hydrogen (secondary N) is 3. The van der Waals surface area contributed by atoms with E-state index in [9.17, 15) is 14.4 Å². The van der Waals surface area contributed by atoms with Crippen LogP contribution in [0.4, 0.5) is 11.4 Å². The summed E-state index contributed by atoms with van der Waals surface area (Å²) >= 11 is 22.9. The average Bonchev–Trinajstić information content (AvgIpc) is 2.92. The summed E-state index contributed by atoms with van der Waals surface area (Å²) < 4.78 is -1.89. The van der Waals surface area contributed by atoms with Crippen LogP contribution >= 0.6 is 47.0 Å². The van der Waals surface area contributed by atoms with Crippen LogP contribution in [0.1, 0.15) is 27.6 Å². The number of alkyl halides is 3. The highest BCUT2D eigenvalue weighted by atomic mass is 35.6. The van der Waals surface area contributed by atoms with Crippen molar-refractivity contribution in [3.63, 3.8) is 0 Å². The van der Waals surface area contributed by atoms with Gasteiger partial charge in [-0.3, -0.25) is 14.4 Å². The molecule has 0 saturated carbocycles. The van der Waals surface area contributed by atoms with Gasteiger partial charge in [0.05, 0.1) is 22.5 Å².